The summed E-state index contributed by atoms with van der Waals surface area (Å²) in [6.45, 7) is 23.6. The Balaban J connectivity index is 4.74. The molecule has 1 aromatic rings. The average Bonchev–Trinajstić information content (AvgIpc) is 3.04. The van der Waals surface area contributed by atoms with E-state index >= 15 is 0 Å². The standard InChI is InChI=1S/C30H63N3O12Si3/c1-13-25(46(37-16-4,38-17-5)39-18-6)31-28(34)32(26(14-2)47(40-19-7,41-20-8)42-21-9)30(36)33(29(31)35)27(15-3)48(43-22-10,44-23-11)45-24-12/h25-27H,13-24H2,1-12H3. The van der Waals surface area contributed by atoms with E-state index in [-0.39, 0.29) is 78.7 Å². The average molecular weight is 742 g/mol. The largest absolute Gasteiger partial charge is 0.525 e. The molecule has 0 saturated carbocycles. The summed E-state index contributed by atoms with van der Waals surface area (Å²) < 4.78 is 59.4. The van der Waals surface area contributed by atoms with Gasteiger partial charge in [-0.2, -0.15) is 0 Å². The Bertz CT molecular complexity index is 1020. The molecule has 3 unspecified atom stereocenters. The van der Waals surface area contributed by atoms with Crippen LogP contribution < -0.4 is 17.1 Å². The molecule has 0 aliphatic heterocycles. The maximum atomic E-state index is 15.0. The van der Waals surface area contributed by atoms with Gasteiger partial charge in [0.15, 0.2) is 0 Å². The van der Waals surface area contributed by atoms with Crippen molar-refractivity contribution in [3.05, 3.63) is 31.5 Å². The van der Waals surface area contributed by atoms with Gasteiger partial charge in [0.05, 0.1) is 0 Å². The molecular formula is C30H63N3O12Si3. The molecule has 0 bridgehead atoms. The first-order chi connectivity index (χ1) is 23.0. The second kappa shape index (κ2) is 21.8. The van der Waals surface area contributed by atoms with Crippen LogP contribution in [0.3, 0.4) is 0 Å². The molecule has 15 nitrogen and oxygen atoms in total. The van der Waals surface area contributed by atoms with Crippen molar-refractivity contribution in [1.29, 1.82) is 0 Å². The molecule has 0 radical (unpaired) electrons. The number of aromatic nitrogens is 3. The van der Waals surface area contributed by atoms with Gasteiger partial charge in [0.2, 0.25) is 0 Å². The van der Waals surface area contributed by atoms with E-state index in [1.165, 1.54) is 0 Å². The van der Waals surface area contributed by atoms with E-state index in [0.717, 1.165) is 13.7 Å². The third-order valence-corrected chi connectivity index (χ3v) is 18.3. The van der Waals surface area contributed by atoms with Crippen molar-refractivity contribution in [2.45, 2.75) is 119 Å². The van der Waals surface area contributed by atoms with Gasteiger partial charge < -0.3 is 39.8 Å². The van der Waals surface area contributed by atoms with Crippen molar-refractivity contribution in [2.75, 3.05) is 59.5 Å². The van der Waals surface area contributed by atoms with Crippen LogP contribution in [0.1, 0.15) is 119 Å². The van der Waals surface area contributed by atoms with Gasteiger partial charge >= 0.3 is 43.5 Å². The zero-order chi connectivity index (χ0) is 36.5. The van der Waals surface area contributed by atoms with Crippen molar-refractivity contribution < 1.29 is 39.8 Å². The molecule has 0 amide bonds. The van der Waals surface area contributed by atoms with E-state index in [4.69, 9.17) is 39.8 Å². The van der Waals surface area contributed by atoms with Crippen molar-refractivity contribution in [1.82, 2.24) is 13.7 Å². The van der Waals surface area contributed by atoms with E-state index in [0.29, 0.717) is 0 Å². The molecule has 3 atom stereocenters. The predicted molar refractivity (Wildman–Crippen MR) is 189 cm³/mol. The SMILES string of the molecule is CCO[Si](OCC)(OCC)C(CC)n1c(=O)n(C(CC)[Si](OCC)(OCC)OCC)c(=O)n(C(CC)[Si](OCC)(OCC)OCC)c1=O. The van der Waals surface area contributed by atoms with Gasteiger partial charge in [0.25, 0.3) is 0 Å². The quantitative estimate of drug-likeness (QED) is 0.121. The van der Waals surface area contributed by atoms with Crippen LogP contribution in [0.2, 0.25) is 0 Å². The summed E-state index contributed by atoms with van der Waals surface area (Å²) in [7, 11) is -11.4. The highest BCUT2D eigenvalue weighted by molar-refractivity contribution is 6.62. The molecular weight excluding hydrogens is 679 g/mol. The maximum Gasteiger partial charge on any atom is 0.525 e. The highest BCUT2D eigenvalue weighted by Crippen LogP contribution is 2.31. The molecule has 0 aliphatic carbocycles. The molecule has 0 spiro atoms. The summed E-state index contributed by atoms with van der Waals surface area (Å²) in [5.41, 5.74) is -5.56. The van der Waals surface area contributed by atoms with Crippen LogP contribution in [0.15, 0.2) is 14.4 Å². The highest BCUT2D eigenvalue weighted by Gasteiger charge is 2.56. The summed E-state index contributed by atoms with van der Waals surface area (Å²) in [5, 5.41) is 0. The third kappa shape index (κ3) is 9.52. The van der Waals surface area contributed by atoms with Crippen molar-refractivity contribution in [2.24, 2.45) is 0 Å². The molecule has 48 heavy (non-hydrogen) atoms. The smallest absolute Gasteiger partial charge is 0.373 e. The molecule has 0 aliphatic rings. The molecule has 1 heterocycles. The van der Waals surface area contributed by atoms with Gasteiger partial charge in [-0.05, 0) is 81.6 Å². The molecule has 1 rings (SSSR count). The van der Waals surface area contributed by atoms with Crippen LogP contribution >= 0.6 is 0 Å². The topological polar surface area (TPSA) is 149 Å². The normalized spacial score (nSPS) is 14.8. The first-order valence-electron chi connectivity index (χ1n) is 17.7. The van der Waals surface area contributed by atoms with Gasteiger partial charge in [-0.3, -0.25) is 0 Å². The van der Waals surface area contributed by atoms with E-state index in [1.807, 2.05) is 20.8 Å². The lowest BCUT2D eigenvalue weighted by molar-refractivity contribution is 0.0439. The summed E-state index contributed by atoms with van der Waals surface area (Å²) in [6, 6.07) is 0. The zero-order valence-electron chi connectivity index (χ0n) is 31.5. The van der Waals surface area contributed by atoms with E-state index < -0.39 is 60.5 Å². The third-order valence-electron chi connectivity index (χ3n) is 7.67. The highest BCUT2D eigenvalue weighted by atomic mass is 28.4. The molecule has 0 aromatic carbocycles. The Morgan fingerprint density at radius 2 is 0.500 bits per heavy atom. The van der Waals surface area contributed by atoms with Crippen LogP contribution in [0.25, 0.3) is 0 Å². The van der Waals surface area contributed by atoms with Gasteiger partial charge in [-0.15, -0.1) is 0 Å². The molecule has 0 N–H and O–H groups in total. The van der Waals surface area contributed by atoms with Crippen LogP contribution in [-0.2, 0) is 39.8 Å². The number of hydrogen-bond acceptors (Lipinski definition) is 12. The fourth-order valence-corrected chi connectivity index (χ4v) is 15.4. The minimum Gasteiger partial charge on any atom is -0.373 e. The zero-order valence-corrected chi connectivity index (χ0v) is 34.5. The lowest BCUT2D eigenvalue weighted by atomic mass is 10.4. The number of rotatable bonds is 27. The van der Waals surface area contributed by atoms with Gasteiger partial charge in [0.1, 0.15) is 17.0 Å². The van der Waals surface area contributed by atoms with Crippen LogP contribution in [0.5, 0.6) is 0 Å². The van der Waals surface area contributed by atoms with E-state index in [1.54, 1.807) is 62.3 Å². The van der Waals surface area contributed by atoms with Gasteiger partial charge in [-0.1, -0.05) is 20.8 Å². The number of hydrogen-bond donors (Lipinski definition) is 0. The molecule has 18 heteroatoms. The van der Waals surface area contributed by atoms with Gasteiger partial charge in [-0.25, -0.2) is 28.1 Å². The summed E-state index contributed by atoms with van der Waals surface area (Å²) in [6.07, 6.45) is 0.676. The van der Waals surface area contributed by atoms with Crippen molar-refractivity contribution in [3.63, 3.8) is 0 Å². The molecule has 0 fully saturated rings. The van der Waals surface area contributed by atoms with Crippen LogP contribution in [0.4, 0.5) is 0 Å². The Morgan fingerprint density at radius 3 is 0.604 bits per heavy atom. The minimum absolute atomic E-state index is 0.213. The lowest BCUT2D eigenvalue weighted by Gasteiger charge is -2.39. The monoisotopic (exact) mass is 741 g/mol. The maximum absolute atomic E-state index is 15.0. The fraction of sp³-hybridized carbons (Fsp3) is 0.900. The lowest BCUT2D eigenvalue weighted by Crippen LogP contribution is -2.68. The van der Waals surface area contributed by atoms with Gasteiger partial charge in [0, 0.05) is 59.5 Å². The first-order valence-corrected chi connectivity index (χ1v) is 23.1. The van der Waals surface area contributed by atoms with E-state index in [9.17, 15) is 14.4 Å². The van der Waals surface area contributed by atoms with E-state index in [2.05, 4.69) is 0 Å². The Kier molecular flexibility index (Phi) is 20.3. The Labute approximate surface area is 289 Å². The second-order valence-electron chi connectivity index (χ2n) is 10.4. The molecule has 0 saturated heterocycles. The fourth-order valence-electron chi connectivity index (χ4n) is 6.22. The van der Waals surface area contributed by atoms with Crippen molar-refractivity contribution >= 4 is 26.4 Å². The molecule has 282 valence electrons. The first kappa shape index (κ1) is 44.7. The summed E-state index contributed by atoms with van der Waals surface area (Å²) in [4.78, 5) is 44.9. The minimum atomic E-state index is -3.80. The second-order valence-corrected chi connectivity index (χ2v) is 18.7. The Hall–Kier alpha value is -1.30. The predicted octanol–water partition coefficient (Wildman–Crippen LogP) is 3.79. The van der Waals surface area contributed by atoms with Crippen molar-refractivity contribution in [3.8, 4) is 0 Å². The van der Waals surface area contributed by atoms with Crippen LogP contribution in [0, 0.1) is 0 Å². The summed E-state index contributed by atoms with van der Waals surface area (Å²) >= 11 is 0. The summed E-state index contributed by atoms with van der Waals surface area (Å²) in [5.74, 6) is 0. The Morgan fingerprint density at radius 1 is 0.354 bits per heavy atom. The number of nitrogens with zero attached hydrogens (tertiary/aromatic N) is 3. The van der Waals surface area contributed by atoms with Crippen LogP contribution in [-0.4, -0.2) is 99.6 Å². The molecule has 1 aromatic heterocycles.